The molecule has 198 valence electrons. The molecule has 0 saturated carbocycles. The van der Waals surface area contributed by atoms with E-state index < -0.39 is 0 Å². The summed E-state index contributed by atoms with van der Waals surface area (Å²) in [5, 5.41) is 18.0. The predicted octanol–water partition coefficient (Wildman–Crippen LogP) is 4.16. The number of hydrogen-bond donors (Lipinski definition) is 4. The molecular formula is C27H38N7O3+. The zero-order valence-corrected chi connectivity index (χ0v) is 20.8. The van der Waals surface area contributed by atoms with Crippen LogP contribution in [-0.2, 0) is 0 Å². The molecule has 10 nitrogen and oxygen atoms in total. The van der Waals surface area contributed by atoms with Gasteiger partial charge in [-0.3, -0.25) is 0 Å². The van der Waals surface area contributed by atoms with E-state index >= 15 is 0 Å². The molecule has 2 aliphatic rings. The van der Waals surface area contributed by atoms with E-state index in [-0.39, 0.29) is 25.3 Å². The maximum Gasteiger partial charge on any atom is 0.295 e. The number of fused-ring (bicyclic) bond motifs is 1. The number of nitroso groups, excluding NO2 is 1. The number of hydrazine groups is 1. The van der Waals surface area contributed by atoms with E-state index in [4.69, 9.17) is 9.72 Å². The summed E-state index contributed by atoms with van der Waals surface area (Å²) in [6, 6.07) is 8.86. The molecule has 0 unspecified atom stereocenters. The van der Waals surface area contributed by atoms with Crippen LogP contribution in [0, 0.1) is 11.8 Å². The van der Waals surface area contributed by atoms with E-state index in [9.17, 15) is 10.0 Å². The Labute approximate surface area is 218 Å². The lowest BCUT2D eigenvalue weighted by atomic mass is 10.1. The van der Waals surface area contributed by atoms with Crippen molar-refractivity contribution in [1.82, 2.24) is 25.6 Å². The summed E-state index contributed by atoms with van der Waals surface area (Å²) in [4.78, 5) is 24.8. The molecule has 2 aromatic carbocycles. The number of piperidine rings is 2. The number of hydrogen-bond acceptors (Lipinski definition) is 8. The fourth-order valence-corrected chi connectivity index (χ4v) is 4.73. The minimum absolute atomic E-state index is 0. The van der Waals surface area contributed by atoms with Crippen LogP contribution in [0.3, 0.4) is 0 Å². The van der Waals surface area contributed by atoms with Crippen LogP contribution in [0.5, 0.6) is 11.5 Å². The smallest absolute Gasteiger partial charge is 0.295 e. The van der Waals surface area contributed by atoms with E-state index in [0.29, 0.717) is 17.3 Å². The number of phenols is 1. The Morgan fingerprint density at radius 1 is 1.14 bits per heavy atom. The number of aryl methyl sites for hydroxylation is 1. The number of nitrogens with one attached hydrogen (secondary N) is 3. The Morgan fingerprint density at radius 3 is 2.62 bits per heavy atom. The third-order valence-electron chi connectivity index (χ3n) is 6.99. The van der Waals surface area contributed by atoms with Crippen molar-refractivity contribution in [1.29, 1.82) is 0 Å². The second kappa shape index (κ2) is 11.7. The summed E-state index contributed by atoms with van der Waals surface area (Å²) >= 11 is 0. The highest BCUT2D eigenvalue weighted by atomic mass is 16.5. The number of ether oxygens (including phenoxy) is 1. The number of likely N-dealkylation sites (tertiary alicyclic amines) is 1. The van der Waals surface area contributed by atoms with Crippen molar-refractivity contribution in [3.8, 4) is 11.5 Å². The molecule has 2 fully saturated rings. The number of rotatable bonds is 7. The van der Waals surface area contributed by atoms with Crippen molar-refractivity contribution in [2.45, 2.75) is 52.2 Å². The van der Waals surface area contributed by atoms with Crippen LogP contribution in [0.1, 0.15) is 38.7 Å². The van der Waals surface area contributed by atoms with Crippen LogP contribution < -0.4 is 20.8 Å². The van der Waals surface area contributed by atoms with Gasteiger partial charge in [0.25, 0.3) is 5.69 Å². The van der Waals surface area contributed by atoms with Crippen LogP contribution >= 0.6 is 0 Å². The molecule has 0 spiro atoms. The van der Waals surface area contributed by atoms with Crippen molar-refractivity contribution < 1.29 is 14.7 Å². The summed E-state index contributed by atoms with van der Waals surface area (Å²) in [5.41, 5.74) is 5.54. The first kappa shape index (κ1) is 26.6. The predicted molar refractivity (Wildman–Crippen MR) is 146 cm³/mol. The molecule has 3 aromatic rings. The van der Waals surface area contributed by atoms with E-state index in [2.05, 4.69) is 33.0 Å². The molecule has 0 bridgehead atoms. The van der Waals surface area contributed by atoms with Crippen molar-refractivity contribution in [3.05, 3.63) is 47.0 Å². The Kier molecular flexibility index (Phi) is 8.40. The van der Waals surface area contributed by atoms with Gasteiger partial charge in [0.05, 0.1) is 22.7 Å². The van der Waals surface area contributed by atoms with Gasteiger partial charge in [-0.2, -0.15) is 0 Å². The second-order valence-electron chi connectivity index (χ2n) is 9.73. The van der Waals surface area contributed by atoms with Crippen molar-refractivity contribution >= 4 is 28.2 Å². The Bertz CT molecular complexity index is 1240. The summed E-state index contributed by atoms with van der Waals surface area (Å²) in [6.45, 7) is 5.82. The molecule has 4 N–H and O–H groups in total. The van der Waals surface area contributed by atoms with Gasteiger partial charge in [-0.25, -0.2) is 9.97 Å². The van der Waals surface area contributed by atoms with Crippen LogP contribution in [0.15, 0.2) is 36.5 Å². The topological polar surface area (TPSA) is 115 Å². The summed E-state index contributed by atoms with van der Waals surface area (Å²) in [6.07, 6.45) is 5.64. The third-order valence-corrected chi connectivity index (χ3v) is 6.99. The van der Waals surface area contributed by atoms with Gasteiger partial charge < -0.3 is 25.4 Å². The fourth-order valence-electron chi connectivity index (χ4n) is 4.73. The van der Waals surface area contributed by atoms with Gasteiger partial charge in [0.2, 0.25) is 5.95 Å². The highest BCUT2D eigenvalue weighted by Crippen LogP contribution is 2.32. The molecule has 5 rings (SSSR count). The number of benzene rings is 2. The van der Waals surface area contributed by atoms with Crippen molar-refractivity contribution in [2.75, 3.05) is 38.5 Å². The SMILES string of the molecule is C.Cc1ccc(OC2CCNCC2)c2nc(Nc3ccc([N+](=O)NC4CCN(C)CC4)cc3O)ncc12. The zero-order valence-electron chi connectivity index (χ0n) is 20.8. The lowest BCUT2D eigenvalue weighted by molar-refractivity contribution is -0.536. The van der Waals surface area contributed by atoms with Gasteiger partial charge >= 0.3 is 0 Å². The molecule has 37 heavy (non-hydrogen) atoms. The van der Waals surface area contributed by atoms with Crippen LogP contribution in [0.2, 0.25) is 0 Å². The molecule has 10 heteroatoms. The van der Waals surface area contributed by atoms with E-state index in [1.807, 2.05) is 19.1 Å². The van der Waals surface area contributed by atoms with Gasteiger partial charge in [0.1, 0.15) is 23.1 Å². The first-order chi connectivity index (χ1) is 17.5. The molecule has 2 aliphatic heterocycles. The fraction of sp³-hybridized carbons (Fsp3) is 0.481. The number of nitrogens with zero attached hydrogens (tertiary/aromatic N) is 4. The molecule has 0 amide bonds. The molecule has 0 radical (unpaired) electrons. The maximum atomic E-state index is 12.6. The lowest BCUT2D eigenvalue weighted by Gasteiger charge is -2.26. The summed E-state index contributed by atoms with van der Waals surface area (Å²) in [7, 11) is 2.08. The van der Waals surface area contributed by atoms with Crippen LogP contribution in [-0.4, -0.2) is 70.2 Å². The molecular weight excluding hydrogens is 470 g/mol. The molecule has 2 saturated heterocycles. The molecule has 3 heterocycles. The van der Waals surface area contributed by atoms with Gasteiger partial charge in [-0.05, 0) is 83.5 Å². The summed E-state index contributed by atoms with van der Waals surface area (Å²) in [5.74, 6) is 1.02. The van der Waals surface area contributed by atoms with Gasteiger partial charge in [-0.1, -0.05) is 13.5 Å². The summed E-state index contributed by atoms with van der Waals surface area (Å²) < 4.78 is 6.31. The van der Waals surface area contributed by atoms with E-state index in [1.54, 1.807) is 18.3 Å². The highest BCUT2D eigenvalue weighted by molar-refractivity contribution is 5.88. The van der Waals surface area contributed by atoms with Crippen LogP contribution in [0.4, 0.5) is 17.3 Å². The first-order valence-corrected chi connectivity index (χ1v) is 12.6. The standard InChI is InChI=1S/C26H33N7O3.CH4/c1-17-3-6-24(36-20-7-11-27-12-8-20)25-21(17)16-28-26(30-25)29-22-5-4-19(15-23(22)34)33(35)31-18-9-13-32(2)14-10-18;/h3-6,15-16,18,20,27H,7-14H2,1-2H3,(H2-,28,29,30,31,34,35);1H4/p+1. The Hall–Kier alpha value is -3.50. The molecule has 1 aromatic heterocycles. The second-order valence-corrected chi connectivity index (χ2v) is 9.73. The van der Waals surface area contributed by atoms with Crippen LogP contribution in [0.25, 0.3) is 10.9 Å². The zero-order chi connectivity index (χ0) is 25.1. The monoisotopic (exact) mass is 508 g/mol. The average molecular weight is 509 g/mol. The average Bonchev–Trinajstić information content (AvgIpc) is 2.89. The third kappa shape index (κ3) is 6.26. The largest absolute Gasteiger partial charge is 0.506 e. The van der Waals surface area contributed by atoms with Gasteiger partial charge in [0, 0.05) is 17.6 Å². The number of aromatic hydroxyl groups is 1. The quantitative estimate of drug-likeness (QED) is 0.212. The minimum Gasteiger partial charge on any atom is -0.506 e. The normalized spacial score (nSPS) is 17.2. The maximum absolute atomic E-state index is 12.6. The van der Waals surface area contributed by atoms with Crippen molar-refractivity contribution in [3.63, 3.8) is 0 Å². The highest BCUT2D eigenvalue weighted by Gasteiger charge is 2.25. The minimum atomic E-state index is -0.0577. The molecule has 0 atom stereocenters. The van der Waals surface area contributed by atoms with E-state index in [1.165, 1.54) is 6.07 Å². The Morgan fingerprint density at radius 2 is 1.89 bits per heavy atom. The van der Waals surface area contributed by atoms with Crippen molar-refractivity contribution in [2.24, 2.45) is 0 Å². The van der Waals surface area contributed by atoms with Gasteiger partial charge in [0.15, 0.2) is 4.87 Å². The Balaban J connectivity index is 0.00000320. The molecule has 0 aliphatic carbocycles. The van der Waals surface area contributed by atoms with E-state index in [0.717, 1.165) is 78.9 Å². The number of aromatic nitrogens is 2. The number of anilines is 2. The number of phenolic OH excluding ortho intramolecular Hbond substituents is 1. The van der Waals surface area contributed by atoms with Gasteiger partial charge in [-0.15, -0.1) is 5.43 Å². The lowest BCUT2D eigenvalue weighted by Crippen LogP contribution is -2.43. The first-order valence-electron chi connectivity index (χ1n) is 12.6.